The molecule has 2 N–H and O–H groups in total. The Morgan fingerprint density at radius 3 is 2.29 bits per heavy atom. The van der Waals surface area contributed by atoms with E-state index in [1.165, 1.54) is 0 Å². The molecule has 3 radical (unpaired) electrons. The topological polar surface area (TPSA) is 52.3 Å². The number of amides is 1. The standard InChI is InChI=1S/C3H7NO2.CH/c1-2-6-3(4)5;/h2H2,1H3,(H2,4,5);1H. The van der Waals surface area contributed by atoms with Gasteiger partial charge in [0.1, 0.15) is 0 Å². The predicted molar refractivity (Wildman–Crippen MR) is 25.5 cm³/mol. The van der Waals surface area contributed by atoms with E-state index in [0.29, 0.717) is 6.61 Å². The van der Waals surface area contributed by atoms with Crippen LogP contribution in [0.5, 0.6) is 0 Å². The molecule has 0 heterocycles. The number of nitrogens with two attached hydrogens (primary N) is 1. The Labute approximate surface area is 43.5 Å². The molecule has 41 valence electrons. The highest BCUT2D eigenvalue weighted by atomic mass is 16.5. The highest BCUT2D eigenvalue weighted by molar-refractivity contribution is 5.64. The number of hydrogen-bond donors (Lipinski definition) is 1. The molecule has 0 aromatic heterocycles. The molecule has 0 saturated carbocycles. The fourth-order valence-corrected chi connectivity index (χ4v) is 0.142. The van der Waals surface area contributed by atoms with Gasteiger partial charge in [0.05, 0.1) is 6.61 Å². The number of hydrogen-bond acceptors (Lipinski definition) is 2. The van der Waals surface area contributed by atoms with E-state index in [4.69, 9.17) is 0 Å². The Hall–Kier alpha value is -0.730. The van der Waals surface area contributed by atoms with Crippen molar-refractivity contribution in [2.75, 3.05) is 6.61 Å². The van der Waals surface area contributed by atoms with E-state index in [9.17, 15) is 4.79 Å². The summed E-state index contributed by atoms with van der Waals surface area (Å²) in [6.07, 6.45) is -0.711. The Kier molecular flexibility index (Phi) is 7.19. The van der Waals surface area contributed by atoms with Crippen LogP contribution in [0.25, 0.3) is 0 Å². The molecule has 0 aliphatic rings. The maximum atomic E-state index is 9.60. The molecule has 7 heavy (non-hydrogen) atoms. The first-order valence-electron chi connectivity index (χ1n) is 1.69. The van der Waals surface area contributed by atoms with Gasteiger partial charge in [-0.05, 0) is 14.4 Å². The third-order valence-corrected chi connectivity index (χ3v) is 0.287. The van der Waals surface area contributed by atoms with Gasteiger partial charge in [0.25, 0.3) is 0 Å². The van der Waals surface area contributed by atoms with Crippen molar-refractivity contribution in [3.8, 4) is 0 Å². The molecule has 0 unspecified atom stereocenters. The van der Waals surface area contributed by atoms with Crippen molar-refractivity contribution < 1.29 is 9.53 Å². The van der Waals surface area contributed by atoms with Crippen LogP contribution in [0.4, 0.5) is 4.79 Å². The predicted octanol–water partition coefficient (Wildman–Crippen LogP) is 0.306. The van der Waals surface area contributed by atoms with Gasteiger partial charge in [-0.2, -0.15) is 0 Å². The van der Waals surface area contributed by atoms with Crippen LogP contribution < -0.4 is 5.73 Å². The first-order chi connectivity index (χ1) is 2.77. The summed E-state index contributed by atoms with van der Waals surface area (Å²) < 4.78 is 4.18. The highest BCUT2D eigenvalue weighted by Gasteiger charge is 1.82. The van der Waals surface area contributed by atoms with Gasteiger partial charge in [0.15, 0.2) is 0 Å². The van der Waals surface area contributed by atoms with Crippen LogP contribution in [0.15, 0.2) is 0 Å². The number of carbonyl (C=O) groups excluding carboxylic acids is 1. The summed E-state index contributed by atoms with van der Waals surface area (Å²) in [5.74, 6) is 0. The maximum Gasteiger partial charge on any atom is 0.404 e. The molecule has 0 saturated heterocycles. The van der Waals surface area contributed by atoms with Crippen LogP contribution in [-0.2, 0) is 4.74 Å². The summed E-state index contributed by atoms with van der Waals surface area (Å²) in [5.41, 5.74) is 4.54. The molecule has 3 heteroatoms. The summed E-state index contributed by atoms with van der Waals surface area (Å²) in [5, 5.41) is 0. The third kappa shape index (κ3) is 10.9. The molecule has 0 aromatic carbocycles. The van der Waals surface area contributed by atoms with Crippen LogP contribution in [0.2, 0.25) is 0 Å². The van der Waals surface area contributed by atoms with Crippen molar-refractivity contribution in [2.24, 2.45) is 5.73 Å². The van der Waals surface area contributed by atoms with Crippen molar-refractivity contribution in [1.29, 1.82) is 0 Å². The molecule has 0 atom stereocenters. The van der Waals surface area contributed by atoms with Crippen molar-refractivity contribution in [3.63, 3.8) is 0 Å². The monoisotopic (exact) mass is 102 g/mol. The number of primary amides is 1. The third-order valence-electron chi connectivity index (χ3n) is 0.287. The molecule has 0 fully saturated rings. The van der Waals surface area contributed by atoms with Crippen molar-refractivity contribution in [2.45, 2.75) is 6.92 Å². The van der Waals surface area contributed by atoms with Crippen LogP contribution in [-0.4, -0.2) is 12.7 Å². The fraction of sp³-hybridized carbons (Fsp3) is 0.500. The van der Waals surface area contributed by atoms with E-state index >= 15 is 0 Å². The SMILES string of the molecule is CCOC(N)=O.[CH]. The van der Waals surface area contributed by atoms with Crippen LogP contribution in [0.3, 0.4) is 0 Å². The molecule has 3 nitrogen and oxygen atoms in total. The smallest absolute Gasteiger partial charge is 0.404 e. The molecule has 0 aromatic rings. The summed E-state index contributed by atoms with van der Waals surface area (Å²) in [7, 11) is 0. The average molecular weight is 102 g/mol. The Bertz CT molecular complexity index is 53.7. The van der Waals surface area contributed by atoms with Gasteiger partial charge < -0.3 is 10.5 Å². The molecule has 0 aliphatic carbocycles. The second kappa shape index (κ2) is 5.27. The van der Waals surface area contributed by atoms with Gasteiger partial charge in [-0.1, -0.05) is 0 Å². The Morgan fingerprint density at radius 1 is 1.86 bits per heavy atom. The minimum atomic E-state index is -0.711. The van der Waals surface area contributed by atoms with E-state index in [1.54, 1.807) is 6.92 Å². The van der Waals surface area contributed by atoms with E-state index < -0.39 is 6.09 Å². The van der Waals surface area contributed by atoms with Crippen LogP contribution in [0.1, 0.15) is 6.92 Å². The van der Waals surface area contributed by atoms with Gasteiger partial charge in [-0.3, -0.25) is 0 Å². The molecule has 0 spiro atoms. The van der Waals surface area contributed by atoms with Gasteiger partial charge in [0, 0.05) is 0 Å². The van der Waals surface area contributed by atoms with Crippen LogP contribution >= 0.6 is 0 Å². The summed E-state index contributed by atoms with van der Waals surface area (Å²) in [4.78, 5) is 9.60. The van der Waals surface area contributed by atoms with Crippen LogP contribution in [0, 0.1) is 7.43 Å². The highest BCUT2D eigenvalue weighted by Crippen LogP contribution is 1.66. The minimum absolute atomic E-state index is 0. The molecular formula is C4H8NO2. The van der Waals surface area contributed by atoms with Gasteiger partial charge in [0.2, 0.25) is 0 Å². The lowest BCUT2D eigenvalue weighted by molar-refractivity contribution is 0.163. The summed E-state index contributed by atoms with van der Waals surface area (Å²) in [6, 6.07) is 0. The minimum Gasteiger partial charge on any atom is -0.450 e. The van der Waals surface area contributed by atoms with Crippen molar-refractivity contribution in [1.82, 2.24) is 0 Å². The van der Waals surface area contributed by atoms with Gasteiger partial charge >= 0.3 is 6.09 Å². The van der Waals surface area contributed by atoms with E-state index in [-0.39, 0.29) is 7.43 Å². The summed E-state index contributed by atoms with van der Waals surface area (Å²) in [6.45, 7) is 2.06. The first kappa shape index (κ1) is 9.55. The molecular weight excluding hydrogens is 94.0 g/mol. The molecule has 0 bridgehead atoms. The van der Waals surface area contributed by atoms with Crippen molar-refractivity contribution >= 4 is 6.09 Å². The first-order valence-corrected chi connectivity index (χ1v) is 1.69. The zero-order valence-corrected chi connectivity index (χ0v) is 4.18. The quantitative estimate of drug-likeness (QED) is 0.517. The normalized spacial score (nSPS) is 6.43. The van der Waals surface area contributed by atoms with Gasteiger partial charge in [-0.15, -0.1) is 0 Å². The summed E-state index contributed by atoms with van der Waals surface area (Å²) >= 11 is 0. The Morgan fingerprint density at radius 2 is 2.29 bits per heavy atom. The molecule has 0 aliphatic heterocycles. The lowest BCUT2D eigenvalue weighted by Gasteiger charge is -1.89. The average Bonchev–Trinajstić information content (AvgIpc) is 1.35. The molecule has 1 amide bonds. The van der Waals surface area contributed by atoms with Gasteiger partial charge in [-0.25, -0.2) is 4.79 Å². The second-order valence-corrected chi connectivity index (χ2v) is 0.752. The van der Waals surface area contributed by atoms with E-state index in [2.05, 4.69) is 10.5 Å². The lowest BCUT2D eigenvalue weighted by Crippen LogP contribution is -2.11. The zero-order valence-electron chi connectivity index (χ0n) is 4.18. The van der Waals surface area contributed by atoms with E-state index in [1.807, 2.05) is 0 Å². The van der Waals surface area contributed by atoms with E-state index in [0.717, 1.165) is 0 Å². The fourth-order valence-electron chi connectivity index (χ4n) is 0.142. The largest absolute Gasteiger partial charge is 0.450 e. The maximum absolute atomic E-state index is 9.60. The lowest BCUT2D eigenvalue weighted by atomic mass is 10.9. The van der Waals surface area contributed by atoms with Crippen molar-refractivity contribution in [3.05, 3.63) is 7.43 Å². The number of ether oxygens (including phenoxy) is 1. The second-order valence-electron chi connectivity index (χ2n) is 0.752. The number of rotatable bonds is 1. The number of carbonyl (C=O) groups is 1. The molecule has 0 rings (SSSR count). The Balaban J connectivity index is 0. The zero-order chi connectivity index (χ0) is 4.99.